The SMILES string of the molecule is CCOC(=O)c1ccc(Cl)c(C#N)c1C(F)(F)F. The molecule has 0 amide bonds. The van der Waals surface area contributed by atoms with Crippen molar-refractivity contribution < 1.29 is 22.7 Å². The quantitative estimate of drug-likeness (QED) is 0.778. The number of hydrogen-bond acceptors (Lipinski definition) is 3. The fraction of sp³-hybridized carbons (Fsp3) is 0.273. The van der Waals surface area contributed by atoms with Gasteiger partial charge in [0, 0.05) is 0 Å². The number of carbonyl (C=O) groups is 1. The van der Waals surface area contributed by atoms with Gasteiger partial charge in [0.15, 0.2) is 0 Å². The predicted molar refractivity (Wildman–Crippen MR) is 57.1 cm³/mol. The third-order valence-electron chi connectivity index (χ3n) is 2.05. The van der Waals surface area contributed by atoms with Crippen molar-refractivity contribution in [3.63, 3.8) is 0 Å². The first-order chi connectivity index (χ1) is 8.32. The highest BCUT2D eigenvalue weighted by atomic mass is 35.5. The Morgan fingerprint density at radius 1 is 1.50 bits per heavy atom. The average molecular weight is 278 g/mol. The van der Waals surface area contributed by atoms with Crippen LogP contribution in [0.2, 0.25) is 5.02 Å². The maximum atomic E-state index is 12.9. The minimum atomic E-state index is -4.86. The number of ether oxygens (including phenoxy) is 1. The first-order valence-corrected chi connectivity index (χ1v) is 5.17. The zero-order valence-corrected chi connectivity index (χ0v) is 9.89. The molecule has 0 radical (unpaired) electrons. The first-order valence-electron chi connectivity index (χ1n) is 4.79. The Hall–Kier alpha value is -1.74. The van der Waals surface area contributed by atoms with E-state index < -0.39 is 28.8 Å². The summed E-state index contributed by atoms with van der Waals surface area (Å²) < 4.78 is 43.1. The zero-order valence-electron chi connectivity index (χ0n) is 9.14. The summed E-state index contributed by atoms with van der Waals surface area (Å²) in [6.07, 6.45) is -4.86. The van der Waals surface area contributed by atoms with E-state index in [-0.39, 0.29) is 11.6 Å². The lowest BCUT2D eigenvalue weighted by atomic mass is 10.0. The van der Waals surface area contributed by atoms with Gasteiger partial charge in [-0.15, -0.1) is 0 Å². The topological polar surface area (TPSA) is 50.1 Å². The summed E-state index contributed by atoms with van der Waals surface area (Å²) in [5, 5.41) is 8.35. The van der Waals surface area contributed by atoms with E-state index in [1.54, 1.807) is 0 Å². The average Bonchev–Trinajstić information content (AvgIpc) is 2.27. The number of alkyl halides is 3. The highest BCUT2D eigenvalue weighted by Gasteiger charge is 2.39. The van der Waals surface area contributed by atoms with E-state index in [0.717, 1.165) is 12.1 Å². The molecule has 1 aromatic rings. The smallest absolute Gasteiger partial charge is 0.418 e. The first kappa shape index (κ1) is 14.3. The summed E-state index contributed by atoms with van der Waals surface area (Å²) in [6, 6.07) is 3.30. The second-order valence-corrected chi connectivity index (χ2v) is 3.58. The van der Waals surface area contributed by atoms with Crippen molar-refractivity contribution in [1.82, 2.24) is 0 Å². The Morgan fingerprint density at radius 2 is 2.11 bits per heavy atom. The van der Waals surface area contributed by atoms with Crippen LogP contribution in [0, 0.1) is 11.3 Å². The summed E-state index contributed by atoms with van der Waals surface area (Å²) in [4.78, 5) is 11.4. The van der Waals surface area contributed by atoms with Crippen molar-refractivity contribution in [3.8, 4) is 6.07 Å². The maximum Gasteiger partial charge on any atom is 0.418 e. The minimum absolute atomic E-state index is 0.0688. The van der Waals surface area contributed by atoms with Crippen LogP contribution in [0.4, 0.5) is 13.2 Å². The molecule has 0 aliphatic carbocycles. The van der Waals surface area contributed by atoms with E-state index in [2.05, 4.69) is 4.74 Å². The van der Waals surface area contributed by atoms with E-state index >= 15 is 0 Å². The normalized spacial score (nSPS) is 10.9. The van der Waals surface area contributed by atoms with Crippen LogP contribution >= 0.6 is 11.6 Å². The van der Waals surface area contributed by atoms with Crippen LogP contribution in [0.25, 0.3) is 0 Å². The summed E-state index contributed by atoms with van der Waals surface area (Å²) in [7, 11) is 0. The molecule has 0 unspecified atom stereocenters. The molecule has 3 nitrogen and oxygen atoms in total. The van der Waals surface area contributed by atoms with Gasteiger partial charge in [-0.25, -0.2) is 4.79 Å². The number of rotatable bonds is 2. The standard InChI is InChI=1S/C11H7ClF3NO2/c1-2-18-10(17)6-3-4-8(12)7(5-16)9(6)11(13,14)15/h3-4H,2H2,1H3. The van der Waals surface area contributed by atoms with Gasteiger partial charge < -0.3 is 4.74 Å². The summed E-state index contributed by atoms with van der Waals surface area (Å²) >= 11 is 5.51. The van der Waals surface area contributed by atoms with Crippen LogP contribution in [-0.2, 0) is 10.9 Å². The molecule has 0 heterocycles. The van der Waals surface area contributed by atoms with Crippen molar-refractivity contribution in [3.05, 3.63) is 33.8 Å². The van der Waals surface area contributed by atoms with Crippen molar-refractivity contribution in [2.75, 3.05) is 6.61 Å². The number of halogens is 4. The van der Waals surface area contributed by atoms with Crippen molar-refractivity contribution in [2.45, 2.75) is 13.1 Å². The molecule has 0 aromatic heterocycles. The number of nitrogens with zero attached hydrogens (tertiary/aromatic N) is 1. The van der Waals surface area contributed by atoms with E-state index in [9.17, 15) is 18.0 Å². The molecule has 18 heavy (non-hydrogen) atoms. The van der Waals surface area contributed by atoms with Crippen LogP contribution in [0.15, 0.2) is 12.1 Å². The van der Waals surface area contributed by atoms with Gasteiger partial charge in [0.25, 0.3) is 0 Å². The van der Waals surface area contributed by atoms with Gasteiger partial charge in [-0.2, -0.15) is 18.4 Å². The molecule has 1 rings (SSSR count). The van der Waals surface area contributed by atoms with Crippen LogP contribution in [0.1, 0.15) is 28.4 Å². The number of esters is 1. The molecule has 0 atom stereocenters. The second kappa shape index (κ2) is 5.27. The lowest BCUT2D eigenvalue weighted by molar-refractivity contribution is -0.138. The molecule has 0 bridgehead atoms. The second-order valence-electron chi connectivity index (χ2n) is 3.17. The lowest BCUT2D eigenvalue weighted by Gasteiger charge is -2.14. The van der Waals surface area contributed by atoms with E-state index in [1.165, 1.54) is 13.0 Å². The van der Waals surface area contributed by atoms with Gasteiger partial charge in [0.1, 0.15) is 6.07 Å². The zero-order chi connectivity index (χ0) is 13.9. The van der Waals surface area contributed by atoms with Crippen LogP contribution in [0.5, 0.6) is 0 Å². The van der Waals surface area contributed by atoms with Crippen molar-refractivity contribution in [1.29, 1.82) is 5.26 Å². The Bertz CT molecular complexity index is 520. The van der Waals surface area contributed by atoms with Gasteiger partial charge in [0.2, 0.25) is 0 Å². The molecular weight excluding hydrogens is 271 g/mol. The van der Waals surface area contributed by atoms with Crippen molar-refractivity contribution in [2.24, 2.45) is 0 Å². The third-order valence-corrected chi connectivity index (χ3v) is 2.36. The van der Waals surface area contributed by atoms with Crippen LogP contribution in [0.3, 0.4) is 0 Å². The Labute approximate surface area is 106 Å². The van der Waals surface area contributed by atoms with Gasteiger partial charge in [-0.05, 0) is 19.1 Å². The molecule has 0 aliphatic heterocycles. The van der Waals surface area contributed by atoms with Crippen LogP contribution in [-0.4, -0.2) is 12.6 Å². The highest BCUT2D eigenvalue weighted by molar-refractivity contribution is 6.32. The third kappa shape index (κ3) is 2.74. The lowest BCUT2D eigenvalue weighted by Crippen LogP contribution is -2.17. The maximum absolute atomic E-state index is 12.9. The monoisotopic (exact) mass is 277 g/mol. The summed E-state index contributed by atoms with van der Waals surface area (Å²) in [5.41, 5.74) is -2.86. The van der Waals surface area contributed by atoms with Crippen LogP contribution < -0.4 is 0 Å². The molecule has 1 aromatic carbocycles. The molecule has 96 valence electrons. The van der Waals surface area contributed by atoms with E-state index in [1.807, 2.05) is 0 Å². The van der Waals surface area contributed by atoms with E-state index in [0.29, 0.717) is 0 Å². The molecule has 0 fully saturated rings. The fourth-order valence-corrected chi connectivity index (χ4v) is 1.56. The largest absolute Gasteiger partial charge is 0.462 e. The molecule has 0 spiro atoms. The highest BCUT2D eigenvalue weighted by Crippen LogP contribution is 2.37. The van der Waals surface area contributed by atoms with Gasteiger partial charge >= 0.3 is 12.1 Å². The number of hydrogen-bond donors (Lipinski definition) is 0. The predicted octanol–water partition coefficient (Wildman–Crippen LogP) is 3.41. The molecular formula is C11H7ClF3NO2. The minimum Gasteiger partial charge on any atom is -0.462 e. The molecule has 0 aliphatic rings. The van der Waals surface area contributed by atoms with Gasteiger partial charge in [-0.1, -0.05) is 11.6 Å². The Kier molecular flexibility index (Phi) is 4.19. The summed E-state index contributed by atoms with van der Waals surface area (Å²) in [5.74, 6) is -1.14. The molecule has 7 heteroatoms. The molecule has 0 saturated carbocycles. The molecule has 0 saturated heterocycles. The fourth-order valence-electron chi connectivity index (χ4n) is 1.36. The number of carbonyl (C=O) groups excluding carboxylic acids is 1. The van der Waals surface area contributed by atoms with Gasteiger partial charge in [-0.3, -0.25) is 0 Å². The Balaban J connectivity index is 3.54. The van der Waals surface area contributed by atoms with Crippen molar-refractivity contribution >= 4 is 17.6 Å². The molecule has 0 N–H and O–H groups in total. The summed E-state index contributed by atoms with van der Waals surface area (Å²) in [6.45, 7) is 1.40. The number of benzene rings is 1. The van der Waals surface area contributed by atoms with E-state index in [4.69, 9.17) is 16.9 Å². The Morgan fingerprint density at radius 3 is 2.56 bits per heavy atom. The number of nitriles is 1. The van der Waals surface area contributed by atoms with Gasteiger partial charge in [0.05, 0.1) is 28.3 Å².